The molecule has 3 aromatic heterocycles. The number of amides is 1. The van der Waals surface area contributed by atoms with E-state index in [2.05, 4.69) is 24.7 Å². The van der Waals surface area contributed by atoms with E-state index >= 15 is 8.78 Å². The molecule has 1 amide bonds. The second-order valence-electron chi connectivity index (χ2n) is 13.9. The van der Waals surface area contributed by atoms with Gasteiger partial charge in [0.15, 0.2) is 11.6 Å². The first-order valence-corrected chi connectivity index (χ1v) is 18.3. The molecule has 1 aliphatic carbocycles. The minimum Gasteiger partial charge on any atom is -0.461 e. The molecule has 3 aliphatic heterocycles. The van der Waals surface area contributed by atoms with Gasteiger partial charge in [0.2, 0.25) is 6.54 Å². The van der Waals surface area contributed by atoms with Crippen molar-refractivity contribution in [1.82, 2.24) is 29.7 Å². The fourth-order valence-corrected chi connectivity index (χ4v) is 8.69. The summed E-state index contributed by atoms with van der Waals surface area (Å²) in [6.45, 7) is 9.30. The second-order valence-corrected chi connectivity index (χ2v) is 14.8. The highest BCUT2D eigenvalue weighted by Gasteiger charge is 2.49. The lowest BCUT2D eigenvalue weighted by atomic mass is 9.77. The molecule has 4 fully saturated rings. The van der Waals surface area contributed by atoms with Crippen molar-refractivity contribution in [3.05, 3.63) is 75.7 Å². The number of carbonyl (C=O) groups is 1. The Bertz CT molecular complexity index is 2020. The first-order valence-electron chi connectivity index (χ1n) is 17.5. The molecule has 0 unspecified atom stereocenters. The van der Waals surface area contributed by atoms with Gasteiger partial charge < -0.3 is 19.4 Å². The zero-order valence-electron chi connectivity index (χ0n) is 28.0. The minimum absolute atomic E-state index is 0.0386. The number of alkyl halides is 1. The Balaban J connectivity index is 1.16. The normalized spacial score (nSPS) is 24.1. The molecule has 1 aromatic carbocycles. The van der Waals surface area contributed by atoms with Crippen LogP contribution in [0.2, 0.25) is 0 Å². The zero-order chi connectivity index (χ0) is 35.1. The summed E-state index contributed by atoms with van der Waals surface area (Å²) >= 11 is 1.21. The van der Waals surface area contributed by atoms with Crippen LogP contribution in [0.1, 0.15) is 55.0 Å². The van der Waals surface area contributed by atoms with E-state index in [9.17, 15) is 9.18 Å². The van der Waals surface area contributed by atoms with E-state index in [0.717, 1.165) is 55.9 Å². The minimum atomic E-state index is -0.958. The number of piperazine rings is 1. The molecule has 6 heterocycles. The number of nitrogens with zero attached hydrogens (tertiary/aromatic N) is 8. The molecule has 51 heavy (non-hydrogen) atoms. The van der Waals surface area contributed by atoms with Gasteiger partial charge in [-0.3, -0.25) is 14.7 Å². The average Bonchev–Trinajstić information content (AvgIpc) is 3.83. The molecular weight excluding hydrogens is 678 g/mol. The number of hydrogen-bond acceptors (Lipinski definition) is 9. The summed E-state index contributed by atoms with van der Waals surface area (Å²) in [5.41, 5.74) is 1.55. The molecule has 0 radical (unpaired) electrons. The van der Waals surface area contributed by atoms with Crippen molar-refractivity contribution in [2.45, 2.75) is 62.2 Å². The van der Waals surface area contributed by atoms with Gasteiger partial charge in [-0.25, -0.2) is 24.7 Å². The summed E-state index contributed by atoms with van der Waals surface area (Å²) in [6.07, 6.45) is 8.56. The van der Waals surface area contributed by atoms with Gasteiger partial charge in [-0.05, 0) is 43.7 Å². The summed E-state index contributed by atoms with van der Waals surface area (Å²) in [4.78, 5) is 40.2. The van der Waals surface area contributed by atoms with Crippen LogP contribution >= 0.6 is 11.3 Å². The molecule has 0 spiro atoms. The fourth-order valence-electron chi connectivity index (χ4n) is 8.14. The molecule has 0 N–H and O–H groups in total. The van der Waals surface area contributed by atoms with E-state index in [4.69, 9.17) is 16.3 Å². The van der Waals surface area contributed by atoms with Crippen LogP contribution in [0, 0.1) is 12.4 Å². The van der Waals surface area contributed by atoms with E-state index in [1.807, 2.05) is 29.2 Å². The van der Waals surface area contributed by atoms with E-state index < -0.39 is 35.3 Å². The Morgan fingerprint density at radius 1 is 1.14 bits per heavy atom. The largest absolute Gasteiger partial charge is 0.461 e. The predicted octanol–water partition coefficient (Wildman–Crippen LogP) is 6.46. The summed E-state index contributed by atoms with van der Waals surface area (Å²) in [5.74, 6) is -1.69. The van der Waals surface area contributed by atoms with Crippen molar-refractivity contribution in [1.29, 1.82) is 0 Å². The number of rotatable bonds is 9. The van der Waals surface area contributed by atoms with Crippen LogP contribution in [-0.2, 0) is 4.79 Å². The third kappa shape index (κ3) is 6.31. The van der Waals surface area contributed by atoms with Crippen molar-refractivity contribution in [3.63, 3.8) is 0 Å². The van der Waals surface area contributed by atoms with E-state index in [-0.39, 0.29) is 50.0 Å². The Morgan fingerprint density at radius 2 is 2.00 bits per heavy atom. The summed E-state index contributed by atoms with van der Waals surface area (Å²) in [6, 6.07) is 7.04. The van der Waals surface area contributed by atoms with Crippen molar-refractivity contribution in [3.8, 4) is 17.3 Å². The molecule has 10 nitrogen and oxygen atoms in total. The number of anilines is 1. The van der Waals surface area contributed by atoms with Gasteiger partial charge in [0.1, 0.15) is 40.9 Å². The Hall–Kier alpha value is -4.61. The highest BCUT2D eigenvalue weighted by molar-refractivity contribution is 7.10. The molecule has 3 atom stereocenters. The number of ether oxygens (including phenoxy) is 1. The number of pyridine rings is 1. The molecule has 1 saturated carbocycles. The van der Waals surface area contributed by atoms with Gasteiger partial charge in [-0.15, -0.1) is 11.3 Å². The van der Waals surface area contributed by atoms with Crippen LogP contribution in [0.15, 0.2) is 47.9 Å². The van der Waals surface area contributed by atoms with E-state index in [1.165, 1.54) is 22.4 Å². The number of fused-ring (bicyclic) bond motifs is 2. The molecular formula is C37H37F3N8O2S. The van der Waals surface area contributed by atoms with Crippen LogP contribution in [0.3, 0.4) is 0 Å². The summed E-state index contributed by atoms with van der Waals surface area (Å²) < 4.78 is 52.8. The topological polar surface area (TPSA) is 91.9 Å². The highest BCUT2D eigenvalue weighted by Crippen LogP contribution is 2.43. The third-order valence-electron chi connectivity index (χ3n) is 10.9. The first kappa shape index (κ1) is 33.5. The van der Waals surface area contributed by atoms with Crippen molar-refractivity contribution >= 4 is 40.0 Å². The standard InChI is InChI=1S/C37H37F3N8O2S/c1-41-18-25-21-46(13-14-48(25)35(49)29(39)16-30-42-11-15-51-30)34-28-19-43-32(27-9-3-2-8-26(27)23-6-4-7-23)31(40)33(28)44-36(45-34)50-22-37-10-5-12-47(37)20-24(38)17-37/h2-3,8-9,11,15-16,19,23-25H,4-7,10,12-14,17-18,20-22H2/b29-16-/t24-,25+,37+/m1/s1. The van der Waals surface area contributed by atoms with Gasteiger partial charge in [-0.1, -0.05) is 30.7 Å². The SMILES string of the molecule is [C-]#[N+]C[C@H]1CN(c2nc(OC[C@@]34CCCN3C[C@H](F)C4)nc3c(F)c(-c4ccccc4C4CCC4)ncc23)CCN1C(=O)/C(F)=C/c1nccs1. The zero-order valence-corrected chi connectivity index (χ0v) is 28.8. The molecule has 8 rings (SSSR count). The molecule has 4 aliphatic rings. The number of benzene rings is 1. The van der Waals surface area contributed by atoms with E-state index in [1.54, 1.807) is 11.6 Å². The van der Waals surface area contributed by atoms with Crippen LogP contribution in [-0.4, -0.2) is 99.3 Å². The third-order valence-corrected chi connectivity index (χ3v) is 11.6. The summed E-state index contributed by atoms with van der Waals surface area (Å²) in [7, 11) is 0. The van der Waals surface area contributed by atoms with Gasteiger partial charge in [0.05, 0.1) is 10.9 Å². The van der Waals surface area contributed by atoms with Gasteiger partial charge in [-0.2, -0.15) is 9.97 Å². The lowest BCUT2D eigenvalue weighted by Crippen LogP contribution is -2.56. The van der Waals surface area contributed by atoms with Crippen LogP contribution in [0.25, 0.3) is 33.1 Å². The van der Waals surface area contributed by atoms with Crippen LogP contribution in [0.4, 0.5) is 19.0 Å². The van der Waals surface area contributed by atoms with Gasteiger partial charge in [0, 0.05) is 62.0 Å². The fraction of sp³-hybridized carbons (Fsp3) is 0.459. The maximum absolute atomic E-state index is 16.8. The summed E-state index contributed by atoms with van der Waals surface area (Å²) in [5, 5.41) is 2.41. The molecule has 3 saturated heterocycles. The quantitative estimate of drug-likeness (QED) is 0.144. The Labute approximate surface area is 297 Å². The monoisotopic (exact) mass is 714 g/mol. The lowest BCUT2D eigenvalue weighted by molar-refractivity contribution is -0.130. The number of halogens is 3. The number of thiazole rings is 1. The maximum Gasteiger partial charge on any atom is 0.319 e. The second kappa shape index (κ2) is 13.8. The molecule has 14 heteroatoms. The van der Waals surface area contributed by atoms with E-state index in [0.29, 0.717) is 35.1 Å². The van der Waals surface area contributed by atoms with Crippen LogP contribution in [0.5, 0.6) is 6.01 Å². The lowest BCUT2D eigenvalue weighted by Gasteiger charge is -2.39. The predicted molar refractivity (Wildman–Crippen MR) is 188 cm³/mol. The smallest absolute Gasteiger partial charge is 0.319 e. The number of carbonyl (C=O) groups excluding carboxylic acids is 1. The molecule has 264 valence electrons. The maximum atomic E-state index is 16.8. The van der Waals surface area contributed by atoms with Crippen molar-refractivity contribution < 1.29 is 22.7 Å². The highest BCUT2D eigenvalue weighted by atomic mass is 32.1. The molecule has 4 aromatic rings. The van der Waals surface area contributed by atoms with Gasteiger partial charge >= 0.3 is 6.01 Å². The van der Waals surface area contributed by atoms with Crippen molar-refractivity contribution in [2.24, 2.45) is 0 Å². The average molecular weight is 715 g/mol. The molecule has 0 bridgehead atoms. The van der Waals surface area contributed by atoms with Gasteiger partial charge in [0.25, 0.3) is 5.91 Å². The van der Waals surface area contributed by atoms with Crippen molar-refractivity contribution in [2.75, 3.05) is 50.8 Å². The number of aromatic nitrogens is 4. The van der Waals surface area contributed by atoms with Crippen LogP contribution < -0.4 is 9.64 Å². The number of hydrogen-bond donors (Lipinski definition) is 0. The first-order chi connectivity index (χ1) is 24.8. The Kier molecular flexibility index (Phi) is 9.10. The Morgan fingerprint density at radius 3 is 2.78 bits per heavy atom.